The molecule has 0 fully saturated rings. The maximum absolute atomic E-state index is 13.1. The number of carbonyl (C=O) groups is 1. The van der Waals surface area contributed by atoms with E-state index in [1.54, 1.807) is 0 Å². The second kappa shape index (κ2) is 5.13. The molecule has 1 aliphatic heterocycles. The van der Waals surface area contributed by atoms with Gasteiger partial charge in [0, 0.05) is 12.6 Å². The van der Waals surface area contributed by atoms with Crippen molar-refractivity contribution in [3.8, 4) is 5.75 Å². The molecule has 4 rings (SSSR count). The number of para-hydroxylation sites is 2. The van der Waals surface area contributed by atoms with Crippen molar-refractivity contribution in [2.24, 2.45) is 0 Å². The summed E-state index contributed by atoms with van der Waals surface area (Å²) in [4.78, 5) is 15.0. The van der Waals surface area contributed by atoms with Crippen LogP contribution < -0.4 is 9.64 Å². The lowest BCUT2D eigenvalue weighted by molar-refractivity contribution is 0.0824. The molecule has 0 bridgehead atoms. The van der Waals surface area contributed by atoms with Crippen molar-refractivity contribution in [3.05, 3.63) is 71.8 Å². The van der Waals surface area contributed by atoms with Gasteiger partial charge < -0.3 is 9.64 Å². The van der Waals surface area contributed by atoms with Crippen LogP contribution in [0.2, 0.25) is 0 Å². The molecule has 0 saturated heterocycles. The fourth-order valence-corrected chi connectivity index (χ4v) is 3.20. The van der Waals surface area contributed by atoms with E-state index in [4.69, 9.17) is 4.74 Å². The van der Waals surface area contributed by atoms with E-state index >= 15 is 0 Å². The molecule has 3 nitrogen and oxygen atoms in total. The van der Waals surface area contributed by atoms with E-state index in [1.165, 1.54) is 0 Å². The number of hydrogen-bond donors (Lipinski definition) is 0. The zero-order valence-corrected chi connectivity index (χ0v) is 13.1. The Hall–Kier alpha value is -2.81. The van der Waals surface area contributed by atoms with E-state index in [1.807, 2.05) is 73.5 Å². The maximum Gasteiger partial charge on any atom is 0.236 e. The Morgan fingerprint density at radius 1 is 1.04 bits per heavy atom. The first-order valence-electron chi connectivity index (χ1n) is 7.67. The monoisotopic (exact) mass is 303 g/mol. The number of carbonyl (C=O) groups excluding carboxylic acids is 1. The van der Waals surface area contributed by atoms with Crippen molar-refractivity contribution in [1.29, 1.82) is 0 Å². The van der Waals surface area contributed by atoms with E-state index in [2.05, 4.69) is 6.07 Å². The van der Waals surface area contributed by atoms with Gasteiger partial charge in [0.2, 0.25) is 12.0 Å². The van der Waals surface area contributed by atoms with Crippen LogP contribution in [-0.4, -0.2) is 19.1 Å². The molecule has 0 amide bonds. The summed E-state index contributed by atoms with van der Waals surface area (Å²) in [5.74, 6) is 0.744. The highest BCUT2D eigenvalue weighted by Crippen LogP contribution is 2.37. The second-order valence-corrected chi connectivity index (χ2v) is 5.95. The van der Waals surface area contributed by atoms with Gasteiger partial charge in [-0.3, -0.25) is 4.79 Å². The molecule has 0 radical (unpaired) electrons. The number of fused-ring (bicyclic) bond motifs is 2. The van der Waals surface area contributed by atoms with Crippen molar-refractivity contribution in [3.63, 3.8) is 0 Å². The minimum atomic E-state index is -0.613. The van der Waals surface area contributed by atoms with E-state index in [0.717, 1.165) is 27.8 Å². The van der Waals surface area contributed by atoms with Gasteiger partial charge >= 0.3 is 0 Å². The van der Waals surface area contributed by atoms with Crippen LogP contribution >= 0.6 is 0 Å². The van der Waals surface area contributed by atoms with Crippen LogP contribution in [0.1, 0.15) is 15.9 Å². The lowest BCUT2D eigenvalue weighted by atomic mass is 9.98. The van der Waals surface area contributed by atoms with Crippen molar-refractivity contribution >= 4 is 22.2 Å². The average molecular weight is 303 g/mol. The number of ketones is 1. The van der Waals surface area contributed by atoms with Gasteiger partial charge in [-0.1, -0.05) is 42.5 Å². The summed E-state index contributed by atoms with van der Waals surface area (Å²) in [6, 6.07) is 19.8. The number of ether oxygens (including phenoxy) is 1. The number of Topliss-reactive ketones (excluding diaryl/α,β-unsaturated/α-hetero) is 1. The number of benzene rings is 3. The predicted molar refractivity (Wildman–Crippen MR) is 92.3 cm³/mol. The minimum Gasteiger partial charge on any atom is -0.461 e. The smallest absolute Gasteiger partial charge is 0.236 e. The summed E-state index contributed by atoms with van der Waals surface area (Å²) in [7, 11) is 1.90. The lowest BCUT2D eigenvalue weighted by Crippen LogP contribution is -2.38. The highest BCUT2D eigenvalue weighted by Gasteiger charge is 2.34. The van der Waals surface area contributed by atoms with Crippen LogP contribution in [0.4, 0.5) is 5.69 Å². The Morgan fingerprint density at radius 2 is 1.78 bits per heavy atom. The summed E-state index contributed by atoms with van der Waals surface area (Å²) in [5, 5.41) is 2.05. The first kappa shape index (κ1) is 13.8. The van der Waals surface area contributed by atoms with Crippen molar-refractivity contribution in [2.45, 2.75) is 13.2 Å². The van der Waals surface area contributed by atoms with Crippen molar-refractivity contribution < 1.29 is 9.53 Å². The number of nitrogens with zero attached hydrogens (tertiary/aromatic N) is 1. The van der Waals surface area contributed by atoms with Gasteiger partial charge in [-0.15, -0.1) is 0 Å². The molecule has 0 spiro atoms. The number of hydrogen-bond acceptors (Lipinski definition) is 3. The normalized spacial score (nSPS) is 16.3. The standard InChI is InChI=1S/C20H17NO2/c1-13-11-14-7-3-4-8-15(14)16(12-13)19(22)20-21(2)17-9-5-6-10-18(17)23-20/h3-12,20H,1-2H3. The third kappa shape index (κ3) is 2.16. The highest BCUT2D eigenvalue weighted by atomic mass is 16.5. The van der Waals surface area contributed by atoms with Gasteiger partial charge in [0.15, 0.2) is 0 Å². The summed E-state index contributed by atoms with van der Waals surface area (Å²) in [6.07, 6.45) is -0.613. The van der Waals surface area contributed by atoms with Gasteiger partial charge in [0.05, 0.1) is 5.69 Å². The number of likely N-dealkylation sites (N-methyl/N-ethyl adjacent to an activating group) is 1. The average Bonchev–Trinajstić information content (AvgIpc) is 2.91. The van der Waals surface area contributed by atoms with Crippen LogP contribution in [-0.2, 0) is 0 Å². The van der Waals surface area contributed by atoms with Gasteiger partial charge in [-0.05, 0) is 41.5 Å². The summed E-state index contributed by atoms with van der Waals surface area (Å²) in [5.41, 5.74) is 2.73. The summed E-state index contributed by atoms with van der Waals surface area (Å²) < 4.78 is 5.90. The Morgan fingerprint density at radius 3 is 2.61 bits per heavy atom. The van der Waals surface area contributed by atoms with Crippen molar-refractivity contribution in [1.82, 2.24) is 0 Å². The van der Waals surface area contributed by atoms with E-state index in [0.29, 0.717) is 5.56 Å². The summed E-state index contributed by atoms with van der Waals surface area (Å²) in [6.45, 7) is 2.01. The van der Waals surface area contributed by atoms with E-state index in [-0.39, 0.29) is 5.78 Å². The van der Waals surface area contributed by atoms with E-state index in [9.17, 15) is 4.79 Å². The Labute approximate surface area is 135 Å². The quantitative estimate of drug-likeness (QED) is 0.665. The molecule has 0 aromatic heterocycles. The van der Waals surface area contributed by atoms with Crippen LogP contribution in [0, 0.1) is 6.92 Å². The Balaban J connectivity index is 1.79. The fraction of sp³-hybridized carbons (Fsp3) is 0.150. The molecular formula is C20H17NO2. The van der Waals surface area contributed by atoms with Gasteiger partial charge in [0.1, 0.15) is 5.75 Å². The van der Waals surface area contributed by atoms with Gasteiger partial charge in [-0.2, -0.15) is 0 Å². The largest absolute Gasteiger partial charge is 0.461 e. The summed E-state index contributed by atoms with van der Waals surface area (Å²) >= 11 is 0. The maximum atomic E-state index is 13.1. The molecule has 3 aromatic carbocycles. The van der Waals surface area contributed by atoms with Gasteiger partial charge in [0.25, 0.3) is 0 Å². The fourth-order valence-electron chi connectivity index (χ4n) is 3.20. The predicted octanol–water partition coefficient (Wildman–Crippen LogP) is 4.19. The van der Waals surface area contributed by atoms with Crippen molar-refractivity contribution in [2.75, 3.05) is 11.9 Å². The molecule has 1 unspecified atom stereocenters. The van der Waals surface area contributed by atoms with Gasteiger partial charge in [-0.25, -0.2) is 0 Å². The third-order valence-electron chi connectivity index (χ3n) is 4.33. The highest BCUT2D eigenvalue weighted by molar-refractivity contribution is 6.11. The molecule has 114 valence electrons. The van der Waals surface area contributed by atoms with Crippen LogP contribution in [0.15, 0.2) is 60.7 Å². The SMILES string of the molecule is Cc1cc(C(=O)C2Oc3ccccc3N2C)c2ccccc2c1. The first-order chi connectivity index (χ1) is 11.1. The molecule has 0 saturated carbocycles. The van der Waals surface area contributed by atoms with Crippen LogP contribution in [0.5, 0.6) is 5.75 Å². The lowest BCUT2D eigenvalue weighted by Gasteiger charge is -2.20. The molecule has 0 aliphatic carbocycles. The molecule has 3 heteroatoms. The topological polar surface area (TPSA) is 29.5 Å². The number of rotatable bonds is 2. The number of aryl methyl sites for hydroxylation is 1. The zero-order chi connectivity index (χ0) is 16.0. The molecule has 0 N–H and O–H groups in total. The molecule has 23 heavy (non-hydrogen) atoms. The van der Waals surface area contributed by atoms with Crippen LogP contribution in [0.25, 0.3) is 10.8 Å². The molecule has 1 atom stereocenters. The molecular weight excluding hydrogens is 286 g/mol. The third-order valence-corrected chi connectivity index (χ3v) is 4.33. The second-order valence-electron chi connectivity index (χ2n) is 5.95. The Bertz CT molecular complexity index is 916. The zero-order valence-electron chi connectivity index (χ0n) is 13.1. The molecule has 1 aliphatic rings. The Kier molecular flexibility index (Phi) is 3.08. The van der Waals surface area contributed by atoms with E-state index < -0.39 is 6.23 Å². The molecule has 1 heterocycles. The first-order valence-corrected chi connectivity index (χ1v) is 7.67. The molecule has 3 aromatic rings. The number of anilines is 1. The minimum absolute atomic E-state index is 0.0106. The van der Waals surface area contributed by atoms with Crippen LogP contribution in [0.3, 0.4) is 0 Å².